The van der Waals surface area contributed by atoms with E-state index in [-0.39, 0.29) is 12.0 Å². The normalized spacial score (nSPS) is 16.5. The first-order valence-electron chi connectivity index (χ1n) is 6.99. The zero-order valence-corrected chi connectivity index (χ0v) is 11.6. The van der Waals surface area contributed by atoms with E-state index in [0.717, 1.165) is 17.3 Å². The van der Waals surface area contributed by atoms with E-state index < -0.39 is 0 Å². The standard InChI is InChI=1S/C16H17NO4/c18-16(17-10-12-4-3-9-19-12)8-7-13-11-20-14-5-1-2-6-15(14)21-13/h1-6,9,13H,7-8,10-11H2,(H,17,18)/t13-/m0/s1. The predicted octanol–water partition coefficient (Wildman–Crippen LogP) is 2.52. The first-order chi connectivity index (χ1) is 10.3. The van der Waals surface area contributed by atoms with E-state index in [0.29, 0.717) is 26.0 Å². The van der Waals surface area contributed by atoms with Crippen molar-refractivity contribution in [1.82, 2.24) is 5.32 Å². The SMILES string of the molecule is O=C(CC[C@H]1COc2ccccc2O1)NCc1ccco1. The third-order valence-corrected chi connectivity index (χ3v) is 3.30. The lowest BCUT2D eigenvalue weighted by atomic mass is 10.1. The van der Waals surface area contributed by atoms with Crippen LogP contribution in [-0.4, -0.2) is 18.6 Å². The molecule has 1 atom stereocenters. The number of carbonyl (C=O) groups excluding carboxylic acids is 1. The molecule has 2 heterocycles. The van der Waals surface area contributed by atoms with Crippen LogP contribution in [0.3, 0.4) is 0 Å². The van der Waals surface area contributed by atoms with Crippen molar-refractivity contribution in [3.8, 4) is 11.5 Å². The number of rotatable bonds is 5. The Kier molecular flexibility index (Phi) is 4.09. The highest BCUT2D eigenvalue weighted by molar-refractivity contribution is 5.75. The highest BCUT2D eigenvalue weighted by atomic mass is 16.6. The molecule has 110 valence electrons. The molecular weight excluding hydrogens is 270 g/mol. The summed E-state index contributed by atoms with van der Waals surface area (Å²) in [6.07, 6.45) is 2.52. The van der Waals surface area contributed by atoms with E-state index in [1.165, 1.54) is 0 Å². The first kappa shape index (κ1) is 13.5. The molecule has 0 saturated heterocycles. The van der Waals surface area contributed by atoms with E-state index in [9.17, 15) is 4.79 Å². The maximum absolute atomic E-state index is 11.8. The number of hydrogen-bond donors (Lipinski definition) is 1. The molecule has 1 aromatic carbocycles. The molecule has 1 N–H and O–H groups in total. The Balaban J connectivity index is 1.42. The van der Waals surface area contributed by atoms with Crippen LogP contribution in [0.25, 0.3) is 0 Å². The minimum Gasteiger partial charge on any atom is -0.486 e. The fourth-order valence-corrected chi connectivity index (χ4v) is 2.18. The summed E-state index contributed by atoms with van der Waals surface area (Å²) in [6.45, 7) is 0.888. The summed E-state index contributed by atoms with van der Waals surface area (Å²) in [6, 6.07) is 11.2. The maximum atomic E-state index is 11.8. The smallest absolute Gasteiger partial charge is 0.220 e. The Morgan fingerprint density at radius 1 is 1.19 bits per heavy atom. The zero-order valence-electron chi connectivity index (χ0n) is 11.6. The summed E-state index contributed by atoms with van der Waals surface area (Å²) in [5.74, 6) is 2.23. The van der Waals surface area contributed by atoms with Crippen LogP contribution < -0.4 is 14.8 Å². The van der Waals surface area contributed by atoms with Crippen LogP contribution in [0.4, 0.5) is 0 Å². The molecule has 0 fully saturated rings. The quantitative estimate of drug-likeness (QED) is 0.918. The third-order valence-electron chi connectivity index (χ3n) is 3.30. The highest BCUT2D eigenvalue weighted by Gasteiger charge is 2.21. The lowest BCUT2D eigenvalue weighted by Crippen LogP contribution is -2.31. The largest absolute Gasteiger partial charge is 0.486 e. The van der Waals surface area contributed by atoms with Gasteiger partial charge >= 0.3 is 0 Å². The molecule has 5 nitrogen and oxygen atoms in total. The van der Waals surface area contributed by atoms with Gasteiger partial charge in [-0.05, 0) is 30.7 Å². The fraction of sp³-hybridized carbons (Fsp3) is 0.312. The van der Waals surface area contributed by atoms with Gasteiger partial charge in [0.2, 0.25) is 5.91 Å². The lowest BCUT2D eigenvalue weighted by molar-refractivity contribution is -0.121. The Hall–Kier alpha value is -2.43. The van der Waals surface area contributed by atoms with Gasteiger partial charge in [-0.25, -0.2) is 0 Å². The zero-order chi connectivity index (χ0) is 14.5. The number of hydrogen-bond acceptors (Lipinski definition) is 4. The molecule has 0 bridgehead atoms. The minimum absolute atomic E-state index is 0.0196. The van der Waals surface area contributed by atoms with E-state index in [1.807, 2.05) is 30.3 Å². The van der Waals surface area contributed by atoms with E-state index in [4.69, 9.17) is 13.9 Å². The minimum atomic E-state index is -0.0886. The molecule has 1 aliphatic heterocycles. The molecule has 3 rings (SSSR count). The summed E-state index contributed by atoms with van der Waals surface area (Å²) >= 11 is 0. The molecule has 1 aliphatic rings. The second kappa shape index (κ2) is 6.35. The summed E-state index contributed by atoms with van der Waals surface area (Å²) < 4.78 is 16.6. The van der Waals surface area contributed by atoms with E-state index >= 15 is 0 Å². The number of fused-ring (bicyclic) bond motifs is 1. The van der Waals surface area contributed by atoms with Gasteiger partial charge in [0.05, 0.1) is 12.8 Å². The van der Waals surface area contributed by atoms with Gasteiger partial charge in [0, 0.05) is 6.42 Å². The average Bonchev–Trinajstić information content (AvgIpc) is 3.04. The topological polar surface area (TPSA) is 60.7 Å². The second-order valence-electron chi connectivity index (χ2n) is 4.89. The van der Waals surface area contributed by atoms with Crippen LogP contribution in [-0.2, 0) is 11.3 Å². The van der Waals surface area contributed by atoms with Gasteiger partial charge in [0.25, 0.3) is 0 Å². The van der Waals surface area contributed by atoms with Crippen LogP contribution in [0, 0.1) is 0 Å². The van der Waals surface area contributed by atoms with Crippen LogP contribution in [0.2, 0.25) is 0 Å². The molecule has 0 spiro atoms. The third kappa shape index (κ3) is 3.56. The Labute approximate surface area is 122 Å². The summed E-state index contributed by atoms with van der Waals surface area (Å²) in [5, 5.41) is 2.81. The molecule has 2 aromatic rings. The molecule has 1 aromatic heterocycles. The van der Waals surface area contributed by atoms with Crippen LogP contribution in [0.1, 0.15) is 18.6 Å². The van der Waals surface area contributed by atoms with Gasteiger partial charge in [-0.2, -0.15) is 0 Å². The molecule has 5 heteroatoms. The van der Waals surface area contributed by atoms with Crippen LogP contribution in [0.5, 0.6) is 11.5 Å². The second-order valence-corrected chi connectivity index (χ2v) is 4.89. The highest BCUT2D eigenvalue weighted by Crippen LogP contribution is 2.31. The summed E-state index contributed by atoms with van der Waals surface area (Å²) in [5.41, 5.74) is 0. The number of amides is 1. The maximum Gasteiger partial charge on any atom is 0.220 e. The number of carbonyl (C=O) groups is 1. The first-order valence-corrected chi connectivity index (χ1v) is 6.99. The number of benzene rings is 1. The Bertz CT molecular complexity index is 594. The van der Waals surface area contributed by atoms with Crippen LogP contribution in [0.15, 0.2) is 47.1 Å². The lowest BCUT2D eigenvalue weighted by Gasteiger charge is -2.26. The van der Waals surface area contributed by atoms with Crippen molar-refractivity contribution >= 4 is 5.91 Å². The summed E-state index contributed by atoms with van der Waals surface area (Å²) in [4.78, 5) is 11.8. The van der Waals surface area contributed by atoms with Gasteiger partial charge in [-0.15, -0.1) is 0 Å². The molecule has 0 saturated carbocycles. The van der Waals surface area contributed by atoms with Crippen molar-refractivity contribution in [2.24, 2.45) is 0 Å². The number of ether oxygens (including phenoxy) is 2. The fourth-order valence-electron chi connectivity index (χ4n) is 2.18. The number of para-hydroxylation sites is 2. The van der Waals surface area contributed by atoms with Crippen molar-refractivity contribution in [3.05, 3.63) is 48.4 Å². The van der Waals surface area contributed by atoms with Gasteiger partial charge in [0.1, 0.15) is 18.5 Å². The molecule has 21 heavy (non-hydrogen) atoms. The Morgan fingerprint density at radius 2 is 2.05 bits per heavy atom. The molecule has 0 aliphatic carbocycles. The van der Waals surface area contributed by atoms with Gasteiger partial charge in [-0.1, -0.05) is 12.1 Å². The average molecular weight is 287 g/mol. The van der Waals surface area contributed by atoms with Crippen molar-refractivity contribution in [3.63, 3.8) is 0 Å². The monoisotopic (exact) mass is 287 g/mol. The molecule has 0 radical (unpaired) electrons. The van der Waals surface area contributed by atoms with Crippen molar-refractivity contribution < 1.29 is 18.7 Å². The number of nitrogens with one attached hydrogen (secondary N) is 1. The summed E-state index contributed by atoms with van der Waals surface area (Å²) in [7, 11) is 0. The predicted molar refractivity (Wildman–Crippen MR) is 76.1 cm³/mol. The van der Waals surface area contributed by atoms with Gasteiger partial charge < -0.3 is 19.2 Å². The Morgan fingerprint density at radius 3 is 2.86 bits per heavy atom. The van der Waals surface area contributed by atoms with Crippen molar-refractivity contribution in [2.75, 3.05) is 6.61 Å². The van der Waals surface area contributed by atoms with E-state index in [2.05, 4.69) is 5.32 Å². The van der Waals surface area contributed by atoms with Gasteiger partial charge in [-0.3, -0.25) is 4.79 Å². The molecule has 0 unspecified atom stereocenters. The van der Waals surface area contributed by atoms with E-state index in [1.54, 1.807) is 12.3 Å². The van der Waals surface area contributed by atoms with Crippen molar-refractivity contribution in [2.45, 2.75) is 25.5 Å². The van der Waals surface area contributed by atoms with Gasteiger partial charge in [0.15, 0.2) is 11.5 Å². The van der Waals surface area contributed by atoms with Crippen molar-refractivity contribution in [1.29, 1.82) is 0 Å². The number of furan rings is 1. The molecular formula is C16H17NO4. The van der Waals surface area contributed by atoms with Crippen LogP contribution >= 0.6 is 0 Å². The molecule has 1 amide bonds.